The molecule has 0 rings (SSSR count). The van der Waals surface area contributed by atoms with Gasteiger partial charge in [-0.15, -0.1) is 17.6 Å². The first kappa shape index (κ1) is 32.0. The molecular formula is C19H36NO5SY-. The van der Waals surface area contributed by atoms with Crippen molar-refractivity contribution in [3.8, 4) is 12.3 Å². The Hall–Kier alpha value is 0.324. The molecule has 0 spiro atoms. The third-order valence-corrected chi connectivity index (χ3v) is 2.71. The third kappa shape index (κ3) is 37.7. The Morgan fingerprint density at radius 3 is 1.78 bits per heavy atom. The normalized spacial score (nSPS) is 11.4. The van der Waals surface area contributed by atoms with Crippen LogP contribution >= 0.6 is 0 Å². The Morgan fingerprint density at radius 2 is 1.44 bits per heavy atom. The molecule has 157 valence electrons. The Morgan fingerprint density at radius 1 is 1.00 bits per heavy atom. The molecule has 0 saturated heterocycles. The van der Waals surface area contributed by atoms with E-state index in [1.54, 1.807) is 0 Å². The van der Waals surface area contributed by atoms with Gasteiger partial charge >= 0.3 is 0 Å². The third-order valence-electron chi connectivity index (χ3n) is 2.58. The Balaban J connectivity index is -0.000000542. The molecule has 0 aromatic rings. The van der Waals surface area contributed by atoms with Gasteiger partial charge in [-0.1, -0.05) is 27.7 Å². The van der Waals surface area contributed by atoms with Crippen molar-refractivity contribution in [2.24, 2.45) is 5.41 Å². The molecule has 8 heteroatoms. The topological polar surface area (TPSA) is 66.0 Å². The predicted octanol–water partition coefficient (Wildman–Crippen LogP) is 1.79. The molecule has 0 aromatic heterocycles. The van der Waals surface area contributed by atoms with Gasteiger partial charge in [-0.25, -0.2) is 0 Å². The van der Waals surface area contributed by atoms with E-state index >= 15 is 0 Å². The van der Waals surface area contributed by atoms with Gasteiger partial charge in [0.2, 0.25) is 6.41 Å². The number of rotatable bonds is 15. The maximum Gasteiger partial charge on any atom is 0.207 e. The van der Waals surface area contributed by atoms with Crippen LogP contribution in [0.25, 0.3) is 0 Å². The van der Waals surface area contributed by atoms with Gasteiger partial charge in [0.15, 0.2) is 0 Å². The molecule has 0 aromatic carbocycles. The van der Waals surface area contributed by atoms with Gasteiger partial charge in [0.1, 0.15) is 0 Å². The summed E-state index contributed by atoms with van der Waals surface area (Å²) in [6.45, 7) is 13.5. The number of ether oxygens (including phenoxy) is 4. The van der Waals surface area contributed by atoms with E-state index in [1.165, 1.54) is 0 Å². The van der Waals surface area contributed by atoms with Gasteiger partial charge < -0.3 is 36.9 Å². The van der Waals surface area contributed by atoms with E-state index in [4.69, 9.17) is 38.0 Å². The molecule has 0 saturated carbocycles. The molecule has 0 fully saturated rings. The molecule has 0 aliphatic carbocycles. The number of carbonyl (C=O) groups excluding carboxylic acids is 1. The van der Waals surface area contributed by atoms with Gasteiger partial charge in [-0.05, 0) is 5.41 Å². The maximum atomic E-state index is 9.74. The molecule has 1 unspecified atom stereocenters. The summed E-state index contributed by atoms with van der Waals surface area (Å²) < 4.78 is 21.1. The zero-order valence-electron chi connectivity index (χ0n) is 17.3. The second-order valence-electron chi connectivity index (χ2n) is 6.74. The number of hydrogen-bond donors (Lipinski definition) is 1. The molecule has 27 heavy (non-hydrogen) atoms. The summed E-state index contributed by atoms with van der Waals surface area (Å²) in [4.78, 5) is 9.74. The van der Waals surface area contributed by atoms with Crippen LogP contribution in [0, 0.1) is 17.8 Å². The standard InChI is InChI=1S/C13H24O4S.C6H13NO.Y/c1-3-4-5-14-6-7-15-8-9-16-10-11-17-12-13(2)18;1-6(2,3)4-7-5-8;/h1,13,18H,4-12H2,2H3;5H,4H2,1-3H3,(H,7,8);/p-1. The molecule has 0 aliphatic rings. The molecule has 6 nitrogen and oxygen atoms in total. The van der Waals surface area contributed by atoms with E-state index in [1.807, 2.05) is 6.92 Å². The Labute approximate surface area is 196 Å². The van der Waals surface area contributed by atoms with Gasteiger partial charge in [-0.3, -0.25) is 4.79 Å². The minimum Gasteiger partial charge on any atom is -0.787 e. The van der Waals surface area contributed by atoms with Crippen LogP contribution in [-0.4, -0.2) is 71.1 Å². The SMILES string of the molecule is C#CCCOCCOCCOCCOCC(C)[S-].CC(C)(C)CNC=O.[Y]. The predicted molar refractivity (Wildman–Crippen MR) is 107 cm³/mol. The fourth-order valence-corrected chi connectivity index (χ4v) is 1.48. The summed E-state index contributed by atoms with van der Waals surface area (Å²) in [5, 5.41) is 2.76. The zero-order valence-corrected chi connectivity index (χ0v) is 21.0. The molecule has 1 N–H and O–H groups in total. The fourth-order valence-electron chi connectivity index (χ4n) is 1.39. The summed E-state index contributed by atoms with van der Waals surface area (Å²) in [6, 6.07) is 0. The van der Waals surface area contributed by atoms with Crippen molar-refractivity contribution in [2.75, 3.05) is 59.4 Å². The largest absolute Gasteiger partial charge is 0.787 e. The molecule has 1 atom stereocenters. The molecule has 0 heterocycles. The van der Waals surface area contributed by atoms with Crippen molar-refractivity contribution < 1.29 is 56.5 Å². The second kappa shape index (κ2) is 24.4. The van der Waals surface area contributed by atoms with Crippen LogP contribution in [-0.2, 0) is 69.1 Å². The van der Waals surface area contributed by atoms with Crippen molar-refractivity contribution >= 4 is 19.0 Å². The van der Waals surface area contributed by atoms with E-state index in [9.17, 15) is 4.79 Å². The van der Waals surface area contributed by atoms with Crippen LogP contribution in [0.2, 0.25) is 0 Å². The van der Waals surface area contributed by atoms with Gasteiger partial charge in [0.25, 0.3) is 0 Å². The average molecular weight is 479 g/mol. The van der Waals surface area contributed by atoms with Gasteiger partial charge in [0, 0.05) is 52.3 Å². The first-order chi connectivity index (χ1) is 12.3. The van der Waals surface area contributed by atoms with Crippen LogP contribution in [0.4, 0.5) is 0 Å². The van der Waals surface area contributed by atoms with Gasteiger partial charge in [-0.2, -0.15) is 0 Å². The Bertz CT molecular complexity index is 346. The molecule has 1 amide bonds. The summed E-state index contributed by atoms with van der Waals surface area (Å²) in [5.74, 6) is 2.51. The molecule has 1 radical (unpaired) electrons. The van der Waals surface area contributed by atoms with E-state index in [0.29, 0.717) is 59.3 Å². The second-order valence-corrected chi connectivity index (χ2v) is 7.54. The quantitative estimate of drug-likeness (QED) is 0.167. The molecule has 0 bridgehead atoms. The van der Waals surface area contributed by atoms with E-state index in [-0.39, 0.29) is 43.4 Å². The number of terminal acetylenes is 1. The first-order valence-corrected chi connectivity index (χ1v) is 9.38. The zero-order chi connectivity index (χ0) is 20.1. The average Bonchev–Trinajstić information content (AvgIpc) is 2.57. The number of carbonyl (C=O) groups is 1. The monoisotopic (exact) mass is 479 g/mol. The number of nitrogens with one attached hydrogen (secondary N) is 1. The summed E-state index contributed by atoms with van der Waals surface area (Å²) in [7, 11) is 0. The minimum absolute atomic E-state index is 0. The van der Waals surface area contributed by atoms with Crippen molar-refractivity contribution in [1.29, 1.82) is 0 Å². The van der Waals surface area contributed by atoms with E-state index < -0.39 is 0 Å². The first-order valence-electron chi connectivity index (χ1n) is 8.90. The van der Waals surface area contributed by atoms with E-state index in [2.05, 4.69) is 32.0 Å². The van der Waals surface area contributed by atoms with Crippen molar-refractivity contribution in [2.45, 2.75) is 39.4 Å². The van der Waals surface area contributed by atoms with Crippen LogP contribution in [0.15, 0.2) is 0 Å². The van der Waals surface area contributed by atoms with Crippen LogP contribution in [0.5, 0.6) is 0 Å². The maximum absolute atomic E-state index is 9.74. The minimum atomic E-state index is 0. The van der Waals surface area contributed by atoms with Crippen molar-refractivity contribution in [1.82, 2.24) is 5.32 Å². The summed E-state index contributed by atoms with van der Waals surface area (Å²) in [5.41, 5.74) is 0.209. The van der Waals surface area contributed by atoms with E-state index in [0.717, 1.165) is 13.0 Å². The molecule has 0 aliphatic heterocycles. The van der Waals surface area contributed by atoms with Gasteiger partial charge in [0.05, 0.1) is 46.2 Å². The van der Waals surface area contributed by atoms with Crippen molar-refractivity contribution in [3.05, 3.63) is 0 Å². The van der Waals surface area contributed by atoms with Crippen LogP contribution in [0.3, 0.4) is 0 Å². The number of hydrogen-bond acceptors (Lipinski definition) is 6. The van der Waals surface area contributed by atoms with Crippen LogP contribution < -0.4 is 5.32 Å². The summed E-state index contributed by atoms with van der Waals surface area (Å²) in [6.07, 6.45) is 6.45. The van der Waals surface area contributed by atoms with Crippen LogP contribution in [0.1, 0.15) is 34.1 Å². The molecular weight excluding hydrogens is 443 g/mol. The Kier molecular flexibility index (Phi) is 28.9. The van der Waals surface area contributed by atoms with Crippen molar-refractivity contribution in [3.63, 3.8) is 0 Å². The smallest absolute Gasteiger partial charge is 0.207 e. The fraction of sp³-hybridized carbons (Fsp3) is 0.842. The number of amides is 1. The summed E-state index contributed by atoms with van der Waals surface area (Å²) >= 11 is 4.96.